The fourth-order valence-corrected chi connectivity index (χ4v) is 5.17. The molecular weight excluding hydrogens is 410 g/mol. The molecule has 0 bridgehead atoms. The van der Waals surface area contributed by atoms with Gasteiger partial charge in [0.25, 0.3) is 0 Å². The topological polar surface area (TPSA) is 94.5 Å². The lowest BCUT2D eigenvalue weighted by molar-refractivity contribution is -0.287. The fourth-order valence-electron chi connectivity index (χ4n) is 3.88. The van der Waals surface area contributed by atoms with Gasteiger partial charge in [-0.2, -0.15) is 0 Å². The summed E-state index contributed by atoms with van der Waals surface area (Å²) in [5.74, 6) is -0.131. The lowest BCUT2D eigenvalue weighted by atomic mass is 9.93. The number of amides is 1. The number of unbranched alkanes of at least 4 members (excludes halogenated alkanes) is 1. The Kier molecular flexibility index (Phi) is 6.77. The Morgan fingerprint density at radius 1 is 1.23 bits per heavy atom. The lowest BCUT2D eigenvalue weighted by Crippen LogP contribution is -2.47. The molecule has 0 saturated carbocycles. The number of esters is 1. The van der Waals surface area contributed by atoms with Crippen LogP contribution in [0.3, 0.4) is 0 Å². The number of ether oxygens (including phenoxy) is 4. The Morgan fingerprint density at radius 3 is 2.53 bits per heavy atom. The molecule has 2 atom stereocenters. The Balaban J connectivity index is 1.40. The highest BCUT2D eigenvalue weighted by Crippen LogP contribution is 2.45. The van der Waals surface area contributed by atoms with Crippen molar-refractivity contribution in [3.8, 4) is 0 Å². The van der Waals surface area contributed by atoms with Crippen LogP contribution >= 0.6 is 11.8 Å². The van der Waals surface area contributed by atoms with Crippen molar-refractivity contribution in [3.05, 3.63) is 11.0 Å². The zero-order valence-corrected chi connectivity index (χ0v) is 19.3. The van der Waals surface area contributed by atoms with E-state index >= 15 is 0 Å². The van der Waals surface area contributed by atoms with Crippen LogP contribution in [0.2, 0.25) is 0 Å². The van der Waals surface area contributed by atoms with E-state index in [2.05, 4.69) is 6.08 Å². The zero-order valence-electron chi connectivity index (χ0n) is 18.4. The standard InChI is InChI=1S/C21H33NO7S/c1-19(2)22(18(24)25)14-10-30-15(17(14)29-19)8-6-7-9-16(23)26-11-21(5)12-27-20(3,4)28-13-21/h8,14,17H,6-7,9-13H2,1-5H3,(H,24,25)/b15-8+/t14-,17-/m0/s1. The molecule has 1 amide bonds. The zero-order chi connectivity index (χ0) is 22.2. The van der Waals surface area contributed by atoms with E-state index in [4.69, 9.17) is 18.9 Å². The molecule has 0 aromatic carbocycles. The number of carboxylic acid groups (broad SMARTS) is 1. The molecule has 8 nitrogen and oxygen atoms in total. The summed E-state index contributed by atoms with van der Waals surface area (Å²) in [6.45, 7) is 10.5. The molecule has 9 heteroatoms. The number of hydrogen-bond donors (Lipinski definition) is 1. The third-order valence-corrected chi connectivity index (χ3v) is 6.87. The molecular formula is C21H33NO7S. The lowest BCUT2D eigenvalue weighted by Gasteiger charge is -2.40. The molecule has 0 radical (unpaired) electrons. The van der Waals surface area contributed by atoms with E-state index in [1.54, 1.807) is 25.6 Å². The van der Waals surface area contributed by atoms with Gasteiger partial charge in [0.1, 0.15) is 18.4 Å². The summed E-state index contributed by atoms with van der Waals surface area (Å²) < 4.78 is 22.8. The van der Waals surface area contributed by atoms with E-state index in [9.17, 15) is 14.7 Å². The van der Waals surface area contributed by atoms with Crippen molar-refractivity contribution < 1.29 is 33.6 Å². The molecule has 170 valence electrons. The van der Waals surface area contributed by atoms with E-state index in [0.717, 1.165) is 11.3 Å². The van der Waals surface area contributed by atoms with Crippen LogP contribution in [-0.4, -0.2) is 71.3 Å². The van der Waals surface area contributed by atoms with Gasteiger partial charge in [-0.3, -0.25) is 9.69 Å². The smallest absolute Gasteiger partial charge is 0.409 e. The molecule has 3 saturated heterocycles. The summed E-state index contributed by atoms with van der Waals surface area (Å²) in [6, 6.07) is -0.163. The summed E-state index contributed by atoms with van der Waals surface area (Å²) in [5, 5.41) is 9.50. The van der Waals surface area contributed by atoms with Crippen LogP contribution in [0.1, 0.15) is 53.9 Å². The number of hydrogen-bond acceptors (Lipinski definition) is 7. The molecule has 0 aliphatic carbocycles. The van der Waals surface area contributed by atoms with Gasteiger partial charge in [-0.15, -0.1) is 11.8 Å². The van der Waals surface area contributed by atoms with Crippen LogP contribution in [0.25, 0.3) is 0 Å². The molecule has 0 spiro atoms. The van der Waals surface area contributed by atoms with Crippen molar-refractivity contribution in [3.63, 3.8) is 0 Å². The van der Waals surface area contributed by atoms with Crippen molar-refractivity contribution >= 4 is 23.8 Å². The van der Waals surface area contributed by atoms with E-state index in [0.29, 0.717) is 31.8 Å². The van der Waals surface area contributed by atoms with Crippen LogP contribution in [0.5, 0.6) is 0 Å². The molecule has 3 aliphatic heterocycles. The van der Waals surface area contributed by atoms with Crippen molar-refractivity contribution in [2.24, 2.45) is 5.41 Å². The second-order valence-corrected chi connectivity index (χ2v) is 10.6. The summed E-state index contributed by atoms with van der Waals surface area (Å²) in [5.41, 5.74) is -1.16. The van der Waals surface area contributed by atoms with E-state index in [-0.39, 0.29) is 30.1 Å². The number of nitrogens with zero attached hydrogens (tertiary/aromatic N) is 1. The number of carbonyl (C=O) groups excluding carboxylic acids is 1. The number of rotatable bonds is 6. The SMILES string of the molecule is CC1(COC(=O)CCC/C=C2/SC[C@H]3[C@@H]2OC(C)(C)N3C(=O)O)COC(C)(C)OC1. The highest BCUT2D eigenvalue weighted by Gasteiger charge is 2.54. The van der Waals surface area contributed by atoms with Gasteiger partial charge in [0.2, 0.25) is 0 Å². The highest BCUT2D eigenvalue weighted by atomic mass is 32.2. The Hall–Kier alpha value is -1.29. The molecule has 3 aliphatic rings. The molecule has 3 fully saturated rings. The van der Waals surface area contributed by atoms with Gasteiger partial charge in [-0.25, -0.2) is 4.79 Å². The first-order chi connectivity index (χ1) is 13.9. The van der Waals surface area contributed by atoms with Crippen LogP contribution in [0, 0.1) is 5.41 Å². The minimum absolute atomic E-state index is 0.163. The predicted octanol–water partition coefficient (Wildman–Crippen LogP) is 3.60. The molecule has 3 heterocycles. The minimum Gasteiger partial charge on any atom is -0.465 e. The minimum atomic E-state index is -0.955. The van der Waals surface area contributed by atoms with Gasteiger partial charge in [0, 0.05) is 22.5 Å². The Labute approximate surface area is 182 Å². The van der Waals surface area contributed by atoms with Crippen molar-refractivity contribution in [1.29, 1.82) is 0 Å². The summed E-state index contributed by atoms with van der Waals surface area (Å²) in [7, 11) is 0. The largest absolute Gasteiger partial charge is 0.465 e. The van der Waals surface area contributed by atoms with Crippen LogP contribution in [0.15, 0.2) is 11.0 Å². The maximum absolute atomic E-state index is 12.1. The molecule has 3 rings (SSSR count). The molecule has 30 heavy (non-hydrogen) atoms. The summed E-state index contributed by atoms with van der Waals surface area (Å²) in [6.07, 6.45) is 2.61. The van der Waals surface area contributed by atoms with Crippen molar-refractivity contribution in [1.82, 2.24) is 4.90 Å². The second-order valence-electron chi connectivity index (χ2n) is 9.46. The van der Waals surface area contributed by atoms with Crippen LogP contribution < -0.4 is 0 Å². The third kappa shape index (κ3) is 5.30. The van der Waals surface area contributed by atoms with Crippen molar-refractivity contribution in [2.45, 2.75) is 77.5 Å². The van der Waals surface area contributed by atoms with Gasteiger partial charge in [0.05, 0.1) is 19.3 Å². The summed E-state index contributed by atoms with van der Waals surface area (Å²) >= 11 is 1.63. The van der Waals surface area contributed by atoms with E-state index in [1.165, 1.54) is 4.90 Å². The molecule has 0 aromatic heterocycles. The number of allylic oxidation sites excluding steroid dienone is 1. The van der Waals surface area contributed by atoms with Gasteiger partial charge >= 0.3 is 12.1 Å². The van der Waals surface area contributed by atoms with Gasteiger partial charge in [0.15, 0.2) is 5.79 Å². The maximum atomic E-state index is 12.1. The monoisotopic (exact) mass is 443 g/mol. The molecule has 0 unspecified atom stereocenters. The average Bonchev–Trinajstić information content (AvgIpc) is 3.14. The normalized spacial score (nSPS) is 30.3. The number of thioether (sulfide) groups is 1. The van der Waals surface area contributed by atoms with E-state index in [1.807, 2.05) is 20.8 Å². The number of fused-ring (bicyclic) bond motifs is 1. The van der Waals surface area contributed by atoms with Crippen LogP contribution in [-0.2, 0) is 23.7 Å². The molecule has 1 N–H and O–H groups in total. The summed E-state index contributed by atoms with van der Waals surface area (Å²) in [4.78, 5) is 26.2. The Morgan fingerprint density at radius 2 is 1.90 bits per heavy atom. The fraction of sp³-hybridized carbons (Fsp3) is 0.810. The first-order valence-corrected chi connectivity index (χ1v) is 11.4. The predicted molar refractivity (Wildman–Crippen MR) is 112 cm³/mol. The van der Waals surface area contributed by atoms with Crippen molar-refractivity contribution in [2.75, 3.05) is 25.6 Å². The molecule has 0 aromatic rings. The second kappa shape index (κ2) is 8.68. The first-order valence-electron chi connectivity index (χ1n) is 10.4. The van der Waals surface area contributed by atoms with Gasteiger partial charge in [-0.05, 0) is 40.5 Å². The third-order valence-electron chi connectivity index (χ3n) is 5.63. The average molecular weight is 444 g/mol. The quantitative estimate of drug-likeness (QED) is 0.491. The number of carbonyl (C=O) groups is 2. The Bertz CT molecular complexity index is 695. The van der Waals surface area contributed by atoms with Crippen LogP contribution in [0.4, 0.5) is 4.79 Å². The van der Waals surface area contributed by atoms with Gasteiger partial charge in [-0.1, -0.05) is 13.0 Å². The van der Waals surface area contributed by atoms with Gasteiger partial charge < -0.3 is 24.1 Å². The maximum Gasteiger partial charge on any atom is 0.409 e. The first kappa shape index (κ1) is 23.4. The highest BCUT2D eigenvalue weighted by molar-refractivity contribution is 8.03. The van der Waals surface area contributed by atoms with E-state index < -0.39 is 17.6 Å².